The Morgan fingerprint density at radius 1 is 1.16 bits per heavy atom. The molecule has 0 aliphatic carbocycles. The van der Waals surface area contributed by atoms with Crippen molar-refractivity contribution in [3.05, 3.63) is 35.3 Å². The third-order valence-corrected chi connectivity index (χ3v) is 6.69. The second-order valence-corrected chi connectivity index (χ2v) is 8.86. The van der Waals surface area contributed by atoms with E-state index < -0.39 is 0 Å². The zero-order valence-electron chi connectivity index (χ0n) is 20.0. The van der Waals surface area contributed by atoms with Crippen LogP contribution in [-0.4, -0.2) is 67.9 Å². The van der Waals surface area contributed by atoms with Crippen LogP contribution < -0.4 is 15.0 Å². The van der Waals surface area contributed by atoms with Crippen LogP contribution in [0, 0.1) is 13.8 Å². The summed E-state index contributed by atoms with van der Waals surface area (Å²) >= 11 is 0. The molecule has 0 saturated carbocycles. The van der Waals surface area contributed by atoms with E-state index in [1.54, 1.807) is 7.11 Å². The maximum absolute atomic E-state index is 5.74. The average Bonchev–Trinajstić information content (AvgIpc) is 2.81. The largest absolute Gasteiger partial charge is 0.493 e. The van der Waals surface area contributed by atoms with Gasteiger partial charge in [-0.05, 0) is 64.9 Å². The molecule has 1 N–H and O–H groups in total. The number of likely N-dealkylation sites (tertiary alicyclic amines) is 1. The van der Waals surface area contributed by atoms with Gasteiger partial charge in [0.25, 0.3) is 0 Å². The van der Waals surface area contributed by atoms with Crippen LogP contribution in [0.1, 0.15) is 49.1 Å². The smallest absolute Gasteiger partial charge is 0.163 e. The quantitative estimate of drug-likeness (QED) is 0.691. The van der Waals surface area contributed by atoms with Crippen LogP contribution in [0.3, 0.4) is 0 Å². The molecule has 0 atom stereocenters. The average molecular weight is 440 g/mol. The number of ether oxygens (including phenoxy) is 2. The predicted octanol–water partition coefficient (Wildman–Crippen LogP) is 4.27. The molecule has 2 aliphatic heterocycles. The van der Waals surface area contributed by atoms with Crippen molar-refractivity contribution >= 4 is 17.2 Å². The minimum absolute atomic E-state index is 0.488. The zero-order chi connectivity index (χ0) is 22.5. The molecule has 2 fully saturated rings. The van der Waals surface area contributed by atoms with E-state index in [9.17, 15) is 0 Å². The van der Waals surface area contributed by atoms with Crippen molar-refractivity contribution in [1.82, 2.24) is 14.9 Å². The molecule has 0 unspecified atom stereocenters. The van der Waals surface area contributed by atoms with Crippen LogP contribution in [-0.2, 0) is 4.74 Å². The number of piperidine rings is 1. The summed E-state index contributed by atoms with van der Waals surface area (Å²) in [6.07, 6.45) is 5.41. The van der Waals surface area contributed by atoms with E-state index in [2.05, 4.69) is 46.1 Å². The molecule has 2 aromatic rings. The number of nitrogens with zero attached hydrogens (tertiary/aromatic N) is 4. The Labute approximate surface area is 192 Å². The molecule has 0 amide bonds. The van der Waals surface area contributed by atoms with Crippen molar-refractivity contribution in [2.75, 3.05) is 63.3 Å². The lowest BCUT2D eigenvalue weighted by molar-refractivity contribution is 0.122. The van der Waals surface area contributed by atoms with E-state index in [0.717, 1.165) is 86.4 Å². The standard InChI is InChI=1S/C25H37N5O2/c1-5-10-29-11-7-20(8-12-29)21-17-22(24(31-4)19(3)27-21)28-25-18(2)23(6-9-26-25)30-13-15-32-16-14-30/h6,9,17,20H,5,7-8,10-16H2,1-4H3,(H,26,27,28). The molecule has 4 heterocycles. The lowest BCUT2D eigenvalue weighted by Crippen LogP contribution is -2.36. The first kappa shape index (κ1) is 22.8. The van der Waals surface area contributed by atoms with E-state index in [4.69, 9.17) is 14.5 Å². The van der Waals surface area contributed by atoms with Gasteiger partial charge in [-0.25, -0.2) is 4.98 Å². The Balaban J connectivity index is 1.58. The monoisotopic (exact) mass is 439 g/mol. The Morgan fingerprint density at radius 3 is 2.59 bits per heavy atom. The van der Waals surface area contributed by atoms with Gasteiger partial charge in [-0.15, -0.1) is 0 Å². The fourth-order valence-corrected chi connectivity index (χ4v) is 4.94. The Bertz CT molecular complexity index is 905. The van der Waals surface area contributed by atoms with Gasteiger partial charge in [0.1, 0.15) is 5.82 Å². The van der Waals surface area contributed by atoms with E-state index in [-0.39, 0.29) is 0 Å². The number of hydrogen-bond acceptors (Lipinski definition) is 7. The molecular formula is C25H37N5O2. The number of morpholine rings is 1. The first-order valence-electron chi connectivity index (χ1n) is 11.9. The Morgan fingerprint density at radius 2 is 1.91 bits per heavy atom. The van der Waals surface area contributed by atoms with E-state index in [0.29, 0.717) is 5.92 Å². The van der Waals surface area contributed by atoms with Crippen molar-refractivity contribution in [1.29, 1.82) is 0 Å². The van der Waals surface area contributed by atoms with E-state index >= 15 is 0 Å². The molecule has 174 valence electrons. The van der Waals surface area contributed by atoms with Gasteiger partial charge in [0.2, 0.25) is 0 Å². The number of aryl methyl sites for hydroxylation is 1. The topological polar surface area (TPSA) is 62.8 Å². The summed E-state index contributed by atoms with van der Waals surface area (Å²) in [5.74, 6) is 2.14. The maximum Gasteiger partial charge on any atom is 0.163 e. The third kappa shape index (κ3) is 4.99. The van der Waals surface area contributed by atoms with Gasteiger partial charge in [-0.3, -0.25) is 4.98 Å². The van der Waals surface area contributed by atoms with Crippen LogP contribution in [0.5, 0.6) is 5.75 Å². The SMILES string of the molecule is CCCN1CCC(c2cc(Nc3nccc(N4CCOCC4)c3C)c(OC)c(C)n2)CC1. The number of rotatable bonds is 7. The minimum atomic E-state index is 0.488. The molecule has 2 aliphatic rings. The number of nitrogens with one attached hydrogen (secondary N) is 1. The molecule has 2 saturated heterocycles. The molecule has 7 heteroatoms. The summed E-state index contributed by atoms with van der Waals surface area (Å²) in [6.45, 7) is 13.2. The minimum Gasteiger partial charge on any atom is -0.493 e. The highest BCUT2D eigenvalue weighted by atomic mass is 16.5. The predicted molar refractivity (Wildman–Crippen MR) is 130 cm³/mol. The van der Waals surface area contributed by atoms with Gasteiger partial charge in [-0.1, -0.05) is 6.92 Å². The number of methoxy groups -OCH3 is 1. The first-order chi connectivity index (χ1) is 15.6. The number of anilines is 3. The lowest BCUT2D eigenvalue weighted by Gasteiger charge is -2.32. The van der Waals surface area contributed by atoms with Crippen molar-refractivity contribution in [3.63, 3.8) is 0 Å². The molecule has 32 heavy (non-hydrogen) atoms. The van der Waals surface area contributed by atoms with Crippen LogP contribution in [0.25, 0.3) is 0 Å². The highest BCUT2D eigenvalue weighted by molar-refractivity contribution is 5.71. The van der Waals surface area contributed by atoms with Crippen LogP contribution in [0.15, 0.2) is 18.3 Å². The first-order valence-corrected chi connectivity index (χ1v) is 11.9. The van der Waals surface area contributed by atoms with Gasteiger partial charge in [-0.2, -0.15) is 0 Å². The molecular weight excluding hydrogens is 402 g/mol. The van der Waals surface area contributed by atoms with E-state index in [1.807, 2.05) is 13.1 Å². The van der Waals surface area contributed by atoms with Crippen molar-refractivity contribution in [3.8, 4) is 5.75 Å². The van der Waals surface area contributed by atoms with Gasteiger partial charge in [0, 0.05) is 42.1 Å². The number of aromatic nitrogens is 2. The molecule has 2 aromatic heterocycles. The molecule has 0 spiro atoms. The van der Waals surface area contributed by atoms with Gasteiger partial charge >= 0.3 is 0 Å². The van der Waals surface area contributed by atoms with Gasteiger partial charge < -0.3 is 24.6 Å². The second kappa shape index (κ2) is 10.5. The van der Waals surface area contributed by atoms with Crippen LogP contribution in [0.4, 0.5) is 17.2 Å². The third-order valence-electron chi connectivity index (χ3n) is 6.69. The summed E-state index contributed by atoms with van der Waals surface area (Å²) in [5, 5.41) is 3.58. The fraction of sp³-hybridized carbons (Fsp3) is 0.600. The summed E-state index contributed by atoms with van der Waals surface area (Å²) in [4.78, 5) is 14.5. The molecule has 7 nitrogen and oxygen atoms in total. The maximum atomic E-state index is 5.74. The number of pyridine rings is 2. The zero-order valence-corrected chi connectivity index (χ0v) is 20.0. The van der Waals surface area contributed by atoms with Crippen molar-refractivity contribution in [2.24, 2.45) is 0 Å². The highest BCUT2D eigenvalue weighted by Crippen LogP contribution is 2.37. The molecule has 0 radical (unpaired) electrons. The Hall–Kier alpha value is -2.38. The second-order valence-electron chi connectivity index (χ2n) is 8.86. The van der Waals surface area contributed by atoms with Gasteiger partial charge in [0.05, 0.1) is 31.7 Å². The lowest BCUT2D eigenvalue weighted by atomic mass is 9.92. The van der Waals surface area contributed by atoms with Crippen LogP contribution in [0.2, 0.25) is 0 Å². The normalized spacial score (nSPS) is 18.1. The summed E-state index contributed by atoms with van der Waals surface area (Å²) in [6, 6.07) is 4.27. The van der Waals surface area contributed by atoms with Crippen molar-refractivity contribution < 1.29 is 9.47 Å². The summed E-state index contributed by atoms with van der Waals surface area (Å²) in [5.41, 5.74) is 5.37. The summed E-state index contributed by atoms with van der Waals surface area (Å²) in [7, 11) is 1.71. The van der Waals surface area contributed by atoms with Crippen LogP contribution >= 0.6 is 0 Å². The van der Waals surface area contributed by atoms with E-state index in [1.165, 1.54) is 18.7 Å². The highest BCUT2D eigenvalue weighted by Gasteiger charge is 2.24. The number of hydrogen-bond donors (Lipinski definition) is 1. The Kier molecular flexibility index (Phi) is 7.48. The fourth-order valence-electron chi connectivity index (χ4n) is 4.94. The van der Waals surface area contributed by atoms with Crippen molar-refractivity contribution in [2.45, 2.75) is 46.0 Å². The van der Waals surface area contributed by atoms with Gasteiger partial charge in [0.15, 0.2) is 5.75 Å². The molecule has 4 rings (SSSR count). The summed E-state index contributed by atoms with van der Waals surface area (Å²) < 4.78 is 11.3. The molecule has 0 bridgehead atoms. The molecule has 0 aromatic carbocycles.